The van der Waals surface area contributed by atoms with Crippen LogP contribution >= 0.6 is 0 Å². The third kappa shape index (κ3) is 3.19. The fourth-order valence-corrected chi connectivity index (χ4v) is 4.14. The molecule has 2 aromatic heterocycles. The molecule has 0 saturated carbocycles. The van der Waals surface area contributed by atoms with E-state index in [9.17, 15) is 8.42 Å². The van der Waals surface area contributed by atoms with E-state index in [1.54, 1.807) is 18.6 Å². The van der Waals surface area contributed by atoms with Crippen LogP contribution in [0.5, 0.6) is 11.5 Å². The second-order valence-corrected chi connectivity index (χ2v) is 8.65. The number of para-hydroxylation sites is 1. The zero-order valence-corrected chi connectivity index (χ0v) is 16.8. The van der Waals surface area contributed by atoms with Crippen LogP contribution in [0.2, 0.25) is 0 Å². The van der Waals surface area contributed by atoms with Gasteiger partial charge >= 0.3 is 0 Å². The van der Waals surface area contributed by atoms with Gasteiger partial charge in [0.25, 0.3) is 10.1 Å². The number of anilines is 2. The van der Waals surface area contributed by atoms with Gasteiger partial charge in [-0.3, -0.25) is 14.5 Å². The molecular weight excluding hydrogens is 406 g/mol. The summed E-state index contributed by atoms with van der Waals surface area (Å²) in [6.07, 6.45) is 5.59. The van der Waals surface area contributed by atoms with Crippen molar-refractivity contribution in [3.8, 4) is 11.5 Å². The van der Waals surface area contributed by atoms with Crippen LogP contribution in [0.3, 0.4) is 0 Å². The number of aryl methyl sites for hydroxylation is 2. The summed E-state index contributed by atoms with van der Waals surface area (Å²) in [4.78, 5) is 18.1. The average molecular weight is 423 g/mol. The molecule has 152 valence electrons. The lowest BCUT2D eigenvalue weighted by Gasteiger charge is -2.25. The lowest BCUT2D eigenvalue weighted by molar-refractivity contribution is 0.474. The molecule has 3 heterocycles. The molecule has 0 fully saturated rings. The highest BCUT2D eigenvalue weighted by Crippen LogP contribution is 2.49. The molecule has 0 atom stereocenters. The highest BCUT2D eigenvalue weighted by molar-refractivity contribution is 7.85. The third-order valence-corrected chi connectivity index (χ3v) is 5.71. The molecule has 30 heavy (non-hydrogen) atoms. The van der Waals surface area contributed by atoms with E-state index >= 15 is 0 Å². The Bertz CT molecular complexity index is 1420. The summed E-state index contributed by atoms with van der Waals surface area (Å²) in [5.74, 6) is 0.779. The summed E-state index contributed by atoms with van der Waals surface area (Å²) in [6.45, 7) is 1.86. The van der Waals surface area contributed by atoms with E-state index in [0.29, 0.717) is 45.7 Å². The number of aromatic nitrogens is 4. The van der Waals surface area contributed by atoms with Gasteiger partial charge in [-0.25, -0.2) is 9.97 Å². The molecule has 0 saturated heterocycles. The predicted octanol–water partition coefficient (Wildman–Crippen LogP) is 3.55. The SMILES string of the molecule is Cc1cnc2c3c(c4nccnc4c2n1)Nc1cccc(CCCS(=O)(=O)O)c1O3. The molecular formula is C20H17N5O4S. The number of hydrogen-bond donors (Lipinski definition) is 2. The molecule has 0 unspecified atom stereocenters. The number of ether oxygens (including phenoxy) is 1. The van der Waals surface area contributed by atoms with Crippen LogP contribution in [0.25, 0.3) is 22.1 Å². The van der Waals surface area contributed by atoms with E-state index in [4.69, 9.17) is 9.29 Å². The monoisotopic (exact) mass is 423 g/mol. The van der Waals surface area contributed by atoms with Gasteiger partial charge in [-0.1, -0.05) is 12.1 Å². The Labute approximate surface area is 171 Å². The zero-order chi connectivity index (χ0) is 20.9. The van der Waals surface area contributed by atoms with Crippen molar-refractivity contribution < 1.29 is 17.7 Å². The maximum Gasteiger partial charge on any atom is 0.264 e. The number of rotatable bonds is 4. The smallest absolute Gasteiger partial charge is 0.264 e. The van der Waals surface area contributed by atoms with E-state index in [2.05, 4.69) is 25.3 Å². The van der Waals surface area contributed by atoms with Crippen LogP contribution in [0.15, 0.2) is 36.8 Å². The van der Waals surface area contributed by atoms with Crippen molar-refractivity contribution in [3.63, 3.8) is 0 Å². The zero-order valence-electron chi connectivity index (χ0n) is 16.0. The van der Waals surface area contributed by atoms with Gasteiger partial charge in [-0.15, -0.1) is 0 Å². The molecule has 10 heteroatoms. The van der Waals surface area contributed by atoms with E-state index in [1.807, 2.05) is 25.1 Å². The molecule has 9 nitrogen and oxygen atoms in total. The van der Waals surface area contributed by atoms with Crippen LogP contribution in [0.1, 0.15) is 17.7 Å². The van der Waals surface area contributed by atoms with Gasteiger partial charge in [0.1, 0.15) is 27.8 Å². The van der Waals surface area contributed by atoms with Gasteiger partial charge in [-0.05, 0) is 31.4 Å². The normalized spacial score (nSPS) is 12.9. The molecule has 1 aliphatic heterocycles. The van der Waals surface area contributed by atoms with Gasteiger partial charge < -0.3 is 10.1 Å². The van der Waals surface area contributed by atoms with Crippen molar-refractivity contribution in [3.05, 3.63) is 48.0 Å². The van der Waals surface area contributed by atoms with Crippen LogP contribution in [0, 0.1) is 6.92 Å². The highest BCUT2D eigenvalue weighted by atomic mass is 32.2. The lowest BCUT2D eigenvalue weighted by Crippen LogP contribution is -2.09. The Hall–Kier alpha value is -3.37. The lowest BCUT2D eigenvalue weighted by atomic mass is 10.1. The van der Waals surface area contributed by atoms with Crippen LogP contribution in [0.4, 0.5) is 11.4 Å². The fourth-order valence-electron chi connectivity index (χ4n) is 3.63. The Balaban J connectivity index is 1.65. The first-order valence-electron chi connectivity index (χ1n) is 9.33. The van der Waals surface area contributed by atoms with Gasteiger partial charge in [0.15, 0.2) is 11.5 Å². The van der Waals surface area contributed by atoms with Gasteiger partial charge in [0.2, 0.25) is 0 Å². The highest BCUT2D eigenvalue weighted by Gasteiger charge is 2.27. The topological polar surface area (TPSA) is 127 Å². The number of nitrogens with one attached hydrogen (secondary N) is 1. The standard InChI is InChI=1S/C20H17N5O4S/c1-11-10-23-17-16(24-11)14-15(22-8-7-21-14)18-20(17)29-19-12(4-2-6-13(19)25-18)5-3-9-30(26,27)28/h2,4,6-8,10,25H,3,5,9H2,1H3,(H,26,27,28). The second-order valence-electron chi connectivity index (χ2n) is 7.08. The Kier molecular flexibility index (Phi) is 4.26. The molecule has 2 aromatic carbocycles. The van der Waals surface area contributed by atoms with E-state index in [-0.39, 0.29) is 12.2 Å². The quantitative estimate of drug-likeness (QED) is 0.329. The number of nitrogens with zero attached hydrogens (tertiary/aromatic N) is 4. The molecule has 0 aliphatic carbocycles. The molecule has 0 spiro atoms. The van der Waals surface area contributed by atoms with Crippen molar-refractivity contribution in [2.45, 2.75) is 19.8 Å². The minimum absolute atomic E-state index is 0.272. The molecule has 2 N–H and O–H groups in total. The van der Waals surface area contributed by atoms with Gasteiger partial charge in [-0.2, -0.15) is 8.42 Å². The molecule has 1 aliphatic rings. The minimum atomic E-state index is -4.01. The third-order valence-electron chi connectivity index (χ3n) is 4.90. The predicted molar refractivity (Wildman–Crippen MR) is 112 cm³/mol. The molecule has 0 radical (unpaired) electrons. The van der Waals surface area contributed by atoms with E-state index in [1.165, 1.54) is 0 Å². The average Bonchev–Trinajstić information content (AvgIpc) is 2.72. The maximum absolute atomic E-state index is 11.1. The summed E-state index contributed by atoms with van der Waals surface area (Å²) in [7, 11) is -4.01. The summed E-state index contributed by atoms with van der Waals surface area (Å²) < 4.78 is 37.4. The van der Waals surface area contributed by atoms with Crippen molar-refractivity contribution in [1.82, 2.24) is 19.9 Å². The number of benzene rings is 2. The Morgan fingerprint density at radius 3 is 2.63 bits per heavy atom. The molecule has 5 rings (SSSR count). The van der Waals surface area contributed by atoms with Crippen LogP contribution in [-0.4, -0.2) is 38.7 Å². The Morgan fingerprint density at radius 2 is 1.83 bits per heavy atom. The number of hydrogen-bond acceptors (Lipinski definition) is 8. The summed E-state index contributed by atoms with van der Waals surface area (Å²) in [6, 6.07) is 5.60. The first-order valence-corrected chi connectivity index (χ1v) is 10.9. The second kappa shape index (κ2) is 6.85. The maximum atomic E-state index is 11.1. The van der Waals surface area contributed by atoms with Crippen LogP contribution < -0.4 is 10.1 Å². The summed E-state index contributed by atoms with van der Waals surface area (Å²) >= 11 is 0. The van der Waals surface area contributed by atoms with Crippen molar-refractivity contribution in [2.24, 2.45) is 0 Å². The van der Waals surface area contributed by atoms with Gasteiger partial charge in [0, 0.05) is 18.6 Å². The number of fused-ring (bicyclic) bond motifs is 7. The van der Waals surface area contributed by atoms with Crippen molar-refractivity contribution in [1.29, 1.82) is 0 Å². The minimum Gasteiger partial charge on any atom is -0.450 e. The van der Waals surface area contributed by atoms with E-state index < -0.39 is 10.1 Å². The van der Waals surface area contributed by atoms with Crippen molar-refractivity contribution in [2.75, 3.05) is 11.1 Å². The Morgan fingerprint density at radius 1 is 1.03 bits per heavy atom. The first-order chi connectivity index (χ1) is 14.4. The molecule has 0 bridgehead atoms. The summed E-state index contributed by atoms with van der Waals surface area (Å²) in [5, 5.41) is 3.37. The first kappa shape index (κ1) is 18.6. The molecule has 0 amide bonds. The van der Waals surface area contributed by atoms with Gasteiger partial charge in [0.05, 0.1) is 17.1 Å². The van der Waals surface area contributed by atoms with Crippen LogP contribution in [-0.2, 0) is 16.5 Å². The van der Waals surface area contributed by atoms with E-state index in [0.717, 1.165) is 16.9 Å². The fraction of sp³-hybridized carbons (Fsp3) is 0.200. The largest absolute Gasteiger partial charge is 0.450 e. The summed E-state index contributed by atoms with van der Waals surface area (Å²) in [5.41, 5.74) is 5.39. The molecule has 4 aromatic rings. The van der Waals surface area contributed by atoms with Crippen molar-refractivity contribution >= 4 is 43.6 Å².